The molecule has 4 heteroatoms. The molecule has 2 atom stereocenters. The maximum absolute atomic E-state index is 10.5. The number of piperidine rings is 1. The van der Waals surface area contributed by atoms with E-state index in [0.29, 0.717) is 11.7 Å². The van der Waals surface area contributed by atoms with Crippen LogP contribution in [0.5, 0.6) is 11.5 Å². The lowest BCUT2D eigenvalue weighted by molar-refractivity contribution is 0.257. The van der Waals surface area contributed by atoms with E-state index in [-0.39, 0.29) is 11.8 Å². The molecule has 0 spiro atoms. The van der Waals surface area contributed by atoms with Crippen LogP contribution in [0.3, 0.4) is 0 Å². The number of methoxy groups -OCH3 is 1. The van der Waals surface area contributed by atoms with Gasteiger partial charge in [0.25, 0.3) is 0 Å². The molecule has 0 aliphatic carbocycles. The van der Waals surface area contributed by atoms with Gasteiger partial charge in [0.2, 0.25) is 0 Å². The first-order valence-electron chi connectivity index (χ1n) is 8.47. The summed E-state index contributed by atoms with van der Waals surface area (Å²) in [5.74, 6) is 1.16. The van der Waals surface area contributed by atoms with Crippen LogP contribution >= 0.6 is 0 Å². The fourth-order valence-electron chi connectivity index (χ4n) is 4.41. The van der Waals surface area contributed by atoms with Crippen LogP contribution in [-0.2, 0) is 6.54 Å². The van der Waals surface area contributed by atoms with Gasteiger partial charge in [0, 0.05) is 24.7 Å². The van der Waals surface area contributed by atoms with Crippen molar-refractivity contribution in [2.75, 3.05) is 19.0 Å². The van der Waals surface area contributed by atoms with Gasteiger partial charge in [-0.2, -0.15) is 0 Å². The lowest BCUT2D eigenvalue weighted by Gasteiger charge is -2.41. The summed E-state index contributed by atoms with van der Waals surface area (Å²) in [6, 6.07) is 12.8. The van der Waals surface area contributed by atoms with Crippen molar-refractivity contribution < 1.29 is 9.84 Å². The van der Waals surface area contributed by atoms with Gasteiger partial charge in [0.05, 0.1) is 18.8 Å². The van der Waals surface area contributed by atoms with Gasteiger partial charge >= 0.3 is 0 Å². The first kappa shape index (κ1) is 13.8. The molecule has 3 aliphatic heterocycles. The van der Waals surface area contributed by atoms with E-state index in [1.165, 1.54) is 22.4 Å². The molecule has 0 radical (unpaired) electrons. The predicted molar refractivity (Wildman–Crippen MR) is 94.3 cm³/mol. The first-order chi connectivity index (χ1) is 11.8. The molecular formula is C20H20N2O2. The zero-order chi connectivity index (χ0) is 16.3. The van der Waals surface area contributed by atoms with E-state index in [0.717, 1.165) is 25.2 Å². The highest BCUT2D eigenvalue weighted by atomic mass is 16.5. The second kappa shape index (κ2) is 4.94. The van der Waals surface area contributed by atoms with Crippen LogP contribution < -0.4 is 10.1 Å². The van der Waals surface area contributed by atoms with Crippen molar-refractivity contribution in [1.29, 1.82) is 0 Å². The van der Waals surface area contributed by atoms with Gasteiger partial charge in [-0.05, 0) is 35.3 Å². The van der Waals surface area contributed by atoms with Crippen LogP contribution in [0.4, 0.5) is 5.69 Å². The van der Waals surface area contributed by atoms with Crippen molar-refractivity contribution >= 4 is 11.8 Å². The summed E-state index contributed by atoms with van der Waals surface area (Å²) in [4.78, 5) is 2.47. The maximum atomic E-state index is 10.5. The monoisotopic (exact) mass is 320 g/mol. The summed E-state index contributed by atoms with van der Waals surface area (Å²) < 4.78 is 5.26. The van der Waals surface area contributed by atoms with Gasteiger partial charge in [-0.3, -0.25) is 0 Å². The molecule has 122 valence electrons. The zero-order valence-electron chi connectivity index (χ0n) is 13.6. The van der Waals surface area contributed by atoms with Gasteiger partial charge in [-0.15, -0.1) is 0 Å². The number of hydrogen-bond donors (Lipinski definition) is 2. The minimum absolute atomic E-state index is 0.222. The topological polar surface area (TPSA) is 44.7 Å². The van der Waals surface area contributed by atoms with Gasteiger partial charge in [-0.1, -0.05) is 30.3 Å². The Hall–Kier alpha value is -2.62. The summed E-state index contributed by atoms with van der Waals surface area (Å²) in [5, 5.41) is 14.1. The van der Waals surface area contributed by atoms with Gasteiger partial charge in [0.15, 0.2) is 11.5 Å². The third kappa shape index (κ3) is 1.80. The summed E-state index contributed by atoms with van der Waals surface area (Å²) in [6.45, 7) is 2.02. The van der Waals surface area contributed by atoms with Crippen molar-refractivity contribution in [2.45, 2.75) is 24.9 Å². The number of nitrogens with one attached hydrogen (secondary N) is 1. The van der Waals surface area contributed by atoms with Gasteiger partial charge < -0.3 is 20.1 Å². The van der Waals surface area contributed by atoms with Crippen molar-refractivity contribution in [3.8, 4) is 11.5 Å². The van der Waals surface area contributed by atoms with Crippen LogP contribution in [0.1, 0.15) is 29.0 Å². The van der Waals surface area contributed by atoms with Crippen molar-refractivity contribution in [3.63, 3.8) is 0 Å². The minimum Gasteiger partial charge on any atom is -0.503 e. The maximum Gasteiger partial charge on any atom is 0.181 e. The molecule has 3 aliphatic rings. The number of phenolic OH excluding ortho intramolecular Hbond substituents is 1. The molecule has 0 aromatic heterocycles. The second-order valence-corrected chi connectivity index (χ2v) is 6.79. The van der Waals surface area contributed by atoms with E-state index in [2.05, 4.69) is 46.6 Å². The Labute approximate surface area is 141 Å². The summed E-state index contributed by atoms with van der Waals surface area (Å²) in [7, 11) is 1.59. The molecule has 0 bridgehead atoms. The van der Waals surface area contributed by atoms with Crippen molar-refractivity contribution in [3.05, 3.63) is 58.8 Å². The molecule has 2 N–H and O–H groups in total. The molecule has 1 unspecified atom stereocenters. The Morgan fingerprint density at radius 1 is 1.21 bits per heavy atom. The first-order valence-corrected chi connectivity index (χ1v) is 8.47. The highest BCUT2D eigenvalue weighted by Crippen LogP contribution is 2.51. The molecule has 1 fully saturated rings. The Morgan fingerprint density at radius 3 is 2.96 bits per heavy atom. The second-order valence-electron chi connectivity index (χ2n) is 6.79. The van der Waals surface area contributed by atoms with Crippen molar-refractivity contribution in [2.24, 2.45) is 0 Å². The lowest BCUT2D eigenvalue weighted by Crippen LogP contribution is -2.42. The number of benzene rings is 2. The Morgan fingerprint density at radius 2 is 2.08 bits per heavy atom. The molecule has 5 rings (SSSR count). The van der Waals surface area contributed by atoms with Crippen LogP contribution in [0, 0.1) is 0 Å². The van der Waals surface area contributed by atoms with Crippen LogP contribution in [0.25, 0.3) is 6.08 Å². The molecule has 0 saturated carbocycles. The average molecular weight is 320 g/mol. The molecule has 0 amide bonds. The number of nitrogens with zero attached hydrogens (tertiary/aromatic N) is 1. The Kier molecular flexibility index (Phi) is 2.84. The normalized spacial score (nSPS) is 23.4. The number of aromatic hydroxyl groups is 1. The third-order valence-corrected chi connectivity index (χ3v) is 5.61. The number of ether oxygens (including phenoxy) is 1. The third-order valence-electron chi connectivity index (χ3n) is 5.61. The Bertz CT molecular complexity index is 859. The predicted octanol–water partition coefficient (Wildman–Crippen LogP) is 3.54. The number of hydrogen-bond acceptors (Lipinski definition) is 4. The van der Waals surface area contributed by atoms with E-state index in [4.69, 9.17) is 4.74 Å². The quantitative estimate of drug-likeness (QED) is 0.789. The van der Waals surface area contributed by atoms with E-state index < -0.39 is 0 Å². The lowest BCUT2D eigenvalue weighted by atomic mass is 9.83. The van der Waals surface area contributed by atoms with Gasteiger partial charge in [-0.25, -0.2) is 0 Å². The standard InChI is InChI=1S/C20H20N2O2/c1-24-17-7-6-14-15-8-9-22-11-13-5-3-2-4-12(13)10-16(22)18(15)21-19(14)20(17)23/h2-7,10,15,18,21,23H,8-9,11H2,1H3/t15-,18?/m0/s1. The smallest absolute Gasteiger partial charge is 0.181 e. The summed E-state index contributed by atoms with van der Waals surface area (Å²) in [5.41, 5.74) is 6.08. The molecule has 1 saturated heterocycles. The summed E-state index contributed by atoms with van der Waals surface area (Å²) in [6.07, 6.45) is 3.40. The number of rotatable bonds is 1. The molecule has 24 heavy (non-hydrogen) atoms. The minimum atomic E-state index is 0.222. The largest absolute Gasteiger partial charge is 0.503 e. The van der Waals surface area contributed by atoms with Crippen molar-refractivity contribution in [1.82, 2.24) is 4.90 Å². The van der Waals surface area contributed by atoms with Crippen LogP contribution in [0.2, 0.25) is 0 Å². The molecular weight excluding hydrogens is 300 g/mol. The zero-order valence-corrected chi connectivity index (χ0v) is 13.6. The van der Waals surface area contributed by atoms with E-state index in [1.807, 2.05) is 6.07 Å². The molecule has 3 heterocycles. The van der Waals surface area contributed by atoms with E-state index in [1.54, 1.807) is 7.11 Å². The fourth-order valence-corrected chi connectivity index (χ4v) is 4.41. The van der Waals surface area contributed by atoms with Crippen LogP contribution in [-0.4, -0.2) is 29.7 Å². The fraction of sp³-hybridized carbons (Fsp3) is 0.300. The summed E-state index contributed by atoms with van der Waals surface area (Å²) >= 11 is 0. The van der Waals surface area contributed by atoms with E-state index in [9.17, 15) is 5.11 Å². The highest BCUT2D eigenvalue weighted by Gasteiger charge is 2.42. The Balaban J connectivity index is 1.59. The molecule has 2 aromatic rings. The SMILES string of the molecule is COc1ccc2c(c1O)NC1C3=Cc4ccccc4CN3CC[C@@H]21. The van der Waals surface area contributed by atoms with Gasteiger partial charge in [0.1, 0.15) is 0 Å². The highest BCUT2D eigenvalue weighted by molar-refractivity contribution is 5.75. The van der Waals surface area contributed by atoms with E-state index >= 15 is 0 Å². The van der Waals surface area contributed by atoms with Crippen LogP contribution in [0.15, 0.2) is 42.1 Å². The molecule has 2 aromatic carbocycles. The number of fused-ring (bicyclic) bond motifs is 6. The number of phenols is 1. The number of anilines is 1. The molecule has 4 nitrogen and oxygen atoms in total. The average Bonchev–Trinajstić information content (AvgIpc) is 3.00.